The van der Waals surface area contributed by atoms with Crippen molar-refractivity contribution in [1.82, 2.24) is 0 Å². The van der Waals surface area contributed by atoms with Gasteiger partial charge in [-0.15, -0.1) is 0 Å². The van der Waals surface area contributed by atoms with Crippen LogP contribution in [-0.4, -0.2) is 6.03 Å². The Balaban J connectivity index is 1.66. The first-order valence-electron chi connectivity index (χ1n) is 7.30. The third-order valence-electron chi connectivity index (χ3n) is 3.43. The van der Waals surface area contributed by atoms with E-state index in [4.69, 9.17) is 0 Å². The highest BCUT2D eigenvalue weighted by atomic mass is 19.1. The molecule has 3 nitrogen and oxygen atoms in total. The van der Waals surface area contributed by atoms with Gasteiger partial charge in [-0.3, -0.25) is 0 Å². The summed E-state index contributed by atoms with van der Waals surface area (Å²) in [4.78, 5) is 11.9. The molecule has 2 N–H and O–H groups in total. The molecule has 0 spiro atoms. The number of hydrogen-bond donors (Lipinski definition) is 2. The third-order valence-corrected chi connectivity index (χ3v) is 3.43. The van der Waals surface area contributed by atoms with Crippen LogP contribution >= 0.6 is 0 Å². The first-order valence-corrected chi connectivity index (χ1v) is 7.30. The monoisotopic (exact) mass is 324 g/mol. The first-order chi connectivity index (χ1) is 11.6. The number of amides is 2. The summed E-state index contributed by atoms with van der Waals surface area (Å²) in [6.45, 7) is 0. The number of carbonyl (C=O) groups excluding carboxylic acids is 1. The lowest BCUT2D eigenvalue weighted by Gasteiger charge is -2.09. The first kappa shape index (κ1) is 15.7. The Morgan fingerprint density at radius 1 is 0.750 bits per heavy atom. The number of carbonyl (C=O) groups is 1. The van der Waals surface area contributed by atoms with Crippen LogP contribution in [0, 0.1) is 11.6 Å². The molecule has 2 amide bonds. The predicted molar refractivity (Wildman–Crippen MR) is 90.9 cm³/mol. The second-order valence-electron chi connectivity index (χ2n) is 5.15. The summed E-state index contributed by atoms with van der Waals surface area (Å²) in [6.07, 6.45) is 0. The molecule has 0 radical (unpaired) electrons. The average Bonchev–Trinajstić information content (AvgIpc) is 2.59. The van der Waals surface area contributed by atoms with E-state index in [-0.39, 0.29) is 5.69 Å². The maximum atomic E-state index is 13.5. The zero-order valence-corrected chi connectivity index (χ0v) is 12.6. The lowest BCUT2D eigenvalue weighted by Crippen LogP contribution is -2.20. The molecule has 0 aliphatic heterocycles. The molecular formula is C19H14F2N2O. The van der Waals surface area contributed by atoms with Gasteiger partial charge in [0.25, 0.3) is 0 Å². The van der Waals surface area contributed by atoms with Gasteiger partial charge in [0.2, 0.25) is 0 Å². The van der Waals surface area contributed by atoms with Gasteiger partial charge in [-0.25, -0.2) is 13.6 Å². The molecule has 0 aromatic heterocycles. The molecule has 0 saturated heterocycles. The van der Waals surface area contributed by atoms with Crippen molar-refractivity contribution in [2.45, 2.75) is 0 Å². The number of hydrogen-bond acceptors (Lipinski definition) is 1. The minimum absolute atomic E-state index is 0.0881. The summed E-state index contributed by atoms with van der Waals surface area (Å²) in [7, 11) is 0. The van der Waals surface area contributed by atoms with Crippen LogP contribution in [-0.2, 0) is 0 Å². The van der Waals surface area contributed by atoms with Crippen molar-refractivity contribution >= 4 is 17.4 Å². The zero-order chi connectivity index (χ0) is 16.9. The standard InChI is InChI=1S/C19H14F2N2O/c20-15-8-11-18(17(21)12-15)23-19(24)22-16-9-6-14(7-10-16)13-4-2-1-3-5-13/h1-12H,(H2,22,23,24). The molecule has 3 aromatic carbocycles. The number of halogens is 2. The maximum Gasteiger partial charge on any atom is 0.323 e. The fourth-order valence-corrected chi connectivity index (χ4v) is 2.25. The summed E-state index contributed by atoms with van der Waals surface area (Å²) < 4.78 is 26.3. The van der Waals surface area contributed by atoms with Crippen LogP contribution in [0.4, 0.5) is 25.0 Å². The summed E-state index contributed by atoms with van der Waals surface area (Å²) in [6, 6.07) is 19.4. The number of urea groups is 1. The van der Waals surface area contributed by atoms with Crippen LogP contribution in [0.1, 0.15) is 0 Å². The van der Waals surface area contributed by atoms with Crippen molar-refractivity contribution in [1.29, 1.82) is 0 Å². The quantitative estimate of drug-likeness (QED) is 0.676. The van der Waals surface area contributed by atoms with Crippen LogP contribution in [0.2, 0.25) is 0 Å². The van der Waals surface area contributed by atoms with Crippen LogP contribution < -0.4 is 10.6 Å². The smallest absolute Gasteiger partial charge is 0.308 e. The fourth-order valence-electron chi connectivity index (χ4n) is 2.25. The summed E-state index contributed by atoms with van der Waals surface area (Å²) in [5.74, 6) is -1.53. The van der Waals surface area contributed by atoms with E-state index in [1.165, 1.54) is 6.07 Å². The summed E-state index contributed by atoms with van der Waals surface area (Å²) in [5.41, 5.74) is 2.57. The van der Waals surface area contributed by atoms with Crippen molar-refractivity contribution in [3.63, 3.8) is 0 Å². The SMILES string of the molecule is O=C(Nc1ccc(-c2ccccc2)cc1)Nc1ccc(F)cc1F. The molecule has 3 rings (SSSR count). The minimum atomic E-state index is -0.829. The van der Waals surface area contributed by atoms with E-state index >= 15 is 0 Å². The van der Waals surface area contributed by atoms with Crippen LogP contribution in [0.25, 0.3) is 11.1 Å². The third kappa shape index (κ3) is 3.76. The highest BCUT2D eigenvalue weighted by Crippen LogP contribution is 2.21. The highest BCUT2D eigenvalue weighted by molar-refractivity contribution is 5.99. The average molecular weight is 324 g/mol. The van der Waals surface area contributed by atoms with Gasteiger partial charge >= 0.3 is 6.03 Å². The molecule has 3 aromatic rings. The molecule has 0 unspecified atom stereocenters. The van der Waals surface area contributed by atoms with Crippen LogP contribution in [0.5, 0.6) is 0 Å². The van der Waals surface area contributed by atoms with Crippen molar-refractivity contribution in [2.24, 2.45) is 0 Å². The molecule has 0 aliphatic rings. The van der Waals surface area contributed by atoms with E-state index in [2.05, 4.69) is 10.6 Å². The van der Waals surface area contributed by atoms with Crippen LogP contribution in [0.3, 0.4) is 0 Å². The normalized spacial score (nSPS) is 10.2. The van der Waals surface area contributed by atoms with Crippen LogP contribution in [0.15, 0.2) is 72.8 Å². The lowest BCUT2D eigenvalue weighted by atomic mass is 10.1. The molecule has 24 heavy (non-hydrogen) atoms. The Morgan fingerprint density at radius 3 is 2.08 bits per heavy atom. The number of nitrogens with one attached hydrogen (secondary N) is 2. The fraction of sp³-hybridized carbons (Fsp3) is 0. The number of benzene rings is 3. The van der Waals surface area contributed by atoms with E-state index in [0.29, 0.717) is 11.8 Å². The van der Waals surface area contributed by atoms with Crippen molar-refractivity contribution in [2.75, 3.05) is 10.6 Å². The summed E-state index contributed by atoms with van der Waals surface area (Å²) in [5, 5.41) is 4.94. The second-order valence-corrected chi connectivity index (χ2v) is 5.15. The molecule has 5 heteroatoms. The molecular weight excluding hydrogens is 310 g/mol. The molecule has 0 aliphatic carbocycles. The molecule has 120 valence electrons. The Kier molecular flexibility index (Phi) is 4.52. The van der Waals surface area contributed by atoms with Crippen molar-refractivity contribution in [3.8, 4) is 11.1 Å². The topological polar surface area (TPSA) is 41.1 Å². The largest absolute Gasteiger partial charge is 0.323 e. The van der Waals surface area contributed by atoms with Gasteiger partial charge in [0.1, 0.15) is 11.6 Å². The molecule has 0 atom stereocenters. The second kappa shape index (κ2) is 6.91. The van der Waals surface area contributed by atoms with Gasteiger partial charge in [0.05, 0.1) is 5.69 Å². The zero-order valence-electron chi connectivity index (χ0n) is 12.6. The van der Waals surface area contributed by atoms with Gasteiger partial charge in [-0.1, -0.05) is 42.5 Å². The Morgan fingerprint density at radius 2 is 1.42 bits per heavy atom. The summed E-state index contributed by atoms with van der Waals surface area (Å²) >= 11 is 0. The van der Waals surface area contributed by atoms with Gasteiger partial charge in [-0.2, -0.15) is 0 Å². The molecule has 0 saturated carbocycles. The Labute approximate surface area is 138 Å². The van der Waals surface area contributed by atoms with Gasteiger partial charge in [-0.05, 0) is 35.4 Å². The number of rotatable bonds is 3. The van der Waals surface area contributed by atoms with Gasteiger partial charge in [0, 0.05) is 11.8 Å². The van der Waals surface area contributed by atoms with Gasteiger partial charge in [0.15, 0.2) is 0 Å². The van der Waals surface area contributed by atoms with Gasteiger partial charge < -0.3 is 10.6 Å². The van der Waals surface area contributed by atoms with Crippen molar-refractivity contribution in [3.05, 3.63) is 84.4 Å². The van der Waals surface area contributed by atoms with E-state index < -0.39 is 17.7 Å². The van der Waals surface area contributed by atoms with E-state index in [1.54, 1.807) is 12.1 Å². The molecule has 0 heterocycles. The van der Waals surface area contributed by atoms with E-state index in [1.807, 2.05) is 42.5 Å². The predicted octanol–water partition coefficient (Wildman–Crippen LogP) is 5.28. The number of anilines is 2. The highest BCUT2D eigenvalue weighted by Gasteiger charge is 2.08. The Hall–Kier alpha value is -3.21. The van der Waals surface area contributed by atoms with Crippen molar-refractivity contribution < 1.29 is 13.6 Å². The maximum absolute atomic E-state index is 13.5. The lowest BCUT2D eigenvalue weighted by molar-refractivity contribution is 0.262. The minimum Gasteiger partial charge on any atom is -0.308 e. The Bertz CT molecular complexity index is 849. The van der Waals surface area contributed by atoms with E-state index in [0.717, 1.165) is 17.2 Å². The molecule has 0 bridgehead atoms. The molecule has 0 fully saturated rings. The van der Waals surface area contributed by atoms with E-state index in [9.17, 15) is 13.6 Å².